The fourth-order valence-electron chi connectivity index (χ4n) is 3.08. The molecule has 0 unspecified atom stereocenters. The van der Waals surface area contributed by atoms with Gasteiger partial charge in [0.1, 0.15) is 17.4 Å². The lowest BCUT2D eigenvalue weighted by Gasteiger charge is -2.12. The zero-order chi connectivity index (χ0) is 23.6. The minimum atomic E-state index is -3.32. The summed E-state index contributed by atoms with van der Waals surface area (Å²) in [4.78, 5) is 13.4. The van der Waals surface area contributed by atoms with Crippen LogP contribution in [0.4, 0.5) is 23.3 Å². The Morgan fingerprint density at radius 2 is 1.85 bits per heavy atom. The van der Waals surface area contributed by atoms with Gasteiger partial charge < -0.3 is 15.4 Å². The van der Waals surface area contributed by atoms with Gasteiger partial charge in [-0.15, -0.1) is 0 Å². The largest absolute Gasteiger partial charge is 0.495 e. The average molecular weight is 466 g/mol. The number of benzene rings is 1. The SMILES string of the molecule is COc1ccc(-n2nc(C)c(C)c2Nc2ccnc(Nc3cccc(S(C)(=O)=O)c3)n2)nc1. The Balaban J connectivity index is 1.62. The van der Waals surface area contributed by atoms with Gasteiger partial charge in [-0.1, -0.05) is 6.07 Å². The highest BCUT2D eigenvalue weighted by Crippen LogP contribution is 2.26. The Morgan fingerprint density at radius 3 is 2.55 bits per heavy atom. The molecule has 2 N–H and O–H groups in total. The van der Waals surface area contributed by atoms with Crippen LogP contribution in [0.15, 0.2) is 59.8 Å². The average Bonchev–Trinajstić information content (AvgIpc) is 3.07. The van der Waals surface area contributed by atoms with E-state index in [0.717, 1.165) is 17.5 Å². The van der Waals surface area contributed by atoms with Gasteiger partial charge in [0, 0.05) is 23.7 Å². The molecule has 0 atom stereocenters. The summed E-state index contributed by atoms with van der Waals surface area (Å²) >= 11 is 0. The smallest absolute Gasteiger partial charge is 0.229 e. The minimum absolute atomic E-state index is 0.212. The number of hydrogen-bond acceptors (Lipinski definition) is 9. The molecular weight excluding hydrogens is 442 g/mol. The fourth-order valence-corrected chi connectivity index (χ4v) is 3.75. The van der Waals surface area contributed by atoms with Crippen molar-refractivity contribution in [3.8, 4) is 11.6 Å². The second kappa shape index (κ2) is 8.87. The van der Waals surface area contributed by atoms with Crippen molar-refractivity contribution < 1.29 is 13.2 Å². The highest BCUT2D eigenvalue weighted by Gasteiger charge is 2.15. The fraction of sp³-hybridized carbons (Fsp3) is 0.182. The Kier molecular flexibility index (Phi) is 5.97. The number of sulfone groups is 1. The molecule has 0 spiro atoms. The van der Waals surface area contributed by atoms with Gasteiger partial charge in [-0.05, 0) is 50.2 Å². The zero-order valence-electron chi connectivity index (χ0n) is 18.6. The van der Waals surface area contributed by atoms with Crippen LogP contribution in [0.1, 0.15) is 11.3 Å². The monoisotopic (exact) mass is 465 g/mol. The number of ether oxygens (including phenoxy) is 1. The van der Waals surface area contributed by atoms with Crippen LogP contribution in [0, 0.1) is 13.8 Å². The minimum Gasteiger partial charge on any atom is -0.495 e. The maximum absolute atomic E-state index is 11.8. The number of anilines is 4. The number of pyridine rings is 1. The van der Waals surface area contributed by atoms with Crippen molar-refractivity contribution in [1.82, 2.24) is 24.7 Å². The number of rotatable bonds is 7. The van der Waals surface area contributed by atoms with Crippen molar-refractivity contribution in [2.75, 3.05) is 24.0 Å². The van der Waals surface area contributed by atoms with Crippen LogP contribution >= 0.6 is 0 Å². The molecule has 4 rings (SSSR count). The van der Waals surface area contributed by atoms with Gasteiger partial charge >= 0.3 is 0 Å². The maximum atomic E-state index is 11.8. The zero-order valence-corrected chi connectivity index (χ0v) is 19.4. The molecule has 3 aromatic heterocycles. The van der Waals surface area contributed by atoms with Crippen LogP contribution in [-0.2, 0) is 9.84 Å². The first-order valence-electron chi connectivity index (χ1n) is 9.98. The van der Waals surface area contributed by atoms with Crippen LogP contribution in [0.3, 0.4) is 0 Å². The topological polar surface area (TPSA) is 124 Å². The number of hydrogen-bond donors (Lipinski definition) is 2. The lowest BCUT2D eigenvalue weighted by molar-refractivity contribution is 0.412. The molecule has 1 aromatic carbocycles. The first-order chi connectivity index (χ1) is 15.7. The third-order valence-corrected chi connectivity index (χ3v) is 6.06. The number of nitrogens with zero attached hydrogens (tertiary/aromatic N) is 5. The van der Waals surface area contributed by atoms with Crippen molar-refractivity contribution in [2.24, 2.45) is 0 Å². The van der Waals surface area contributed by atoms with Crippen molar-refractivity contribution in [2.45, 2.75) is 18.7 Å². The van der Waals surface area contributed by atoms with E-state index in [4.69, 9.17) is 4.74 Å². The molecule has 3 heterocycles. The molecule has 0 aliphatic carbocycles. The van der Waals surface area contributed by atoms with E-state index in [-0.39, 0.29) is 4.90 Å². The standard InChI is InChI=1S/C22H23N7O3S/c1-14-15(2)28-29(20-9-8-17(32-3)13-24-20)21(14)26-19-10-11-23-22(27-19)25-16-6-5-7-18(12-16)33(4,30)31/h5-13H,1-4H3,(H2,23,25,26,27). The van der Waals surface area contributed by atoms with E-state index in [1.807, 2.05) is 26.0 Å². The molecule has 0 amide bonds. The van der Waals surface area contributed by atoms with Crippen LogP contribution in [0.25, 0.3) is 5.82 Å². The van der Waals surface area contributed by atoms with Gasteiger partial charge in [0.25, 0.3) is 0 Å². The summed E-state index contributed by atoms with van der Waals surface area (Å²) in [5, 5.41) is 10.9. The van der Waals surface area contributed by atoms with Gasteiger partial charge in [0.15, 0.2) is 15.7 Å². The first kappa shape index (κ1) is 22.2. The van der Waals surface area contributed by atoms with E-state index in [1.54, 1.807) is 48.5 Å². The summed E-state index contributed by atoms with van der Waals surface area (Å²) < 4.78 is 30.5. The molecule has 0 aliphatic heterocycles. The highest BCUT2D eigenvalue weighted by atomic mass is 32.2. The predicted octanol–water partition coefficient (Wildman–Crippen LogP) is 3.57. The van der Waals surface area contributed by atoms with E-state index in [2.05, 4.69) is 30.7 Å². The summed E-state index contributed by atoms with van der Waals surface area (Å²) in [5.74, 6) is 2.84. The van der Waals surface area contributed by atoms with Crippen LogP contribution in [0.2, 0.25) is 0 Å². The van der Waals surface area contributed by atoms with Gasteiger partial charge in [0.05, 0.1) is 23.9 Å². The summed E-state index contributed by atoms with van der Waals surface area (Å²) in [6.07, 6.45) is 4.40. The van der Waals surface area contributed by atoms with E-state index in [9.17, 15) is 8.42 Å². The molecule has 33 heavy (non-hydrogen) atoms. The van der Waals surface area contributed by atoms with Crippen molar-refractivity contribution in [3.05, 3.63) is 66.1 Å². The summed E-state index contributed by atoms with van der Waals surface area (Å²) in [6, 6.07) is 11.8. The van der Waals surface area contributed by atoms with Gasteiger partial charge in [-0.3, -0.25) is 0 Å². The van der Waals surface area contributed by atoms with Crippen molar-refractivity contribution >= 4 is 33.1 Å². The molecule has 0 saturated carbocycles. The molecule has 0 aliphatic rings. The predicted molar refractivity (Wildman–Crippen MR) is 126 cm³/mol. The third-order valence-electron chi connectivity index (χ3n) is 4.95. The molecule has 170 valence electrons. The third kappa shape index (κ3) is 4.93. The Labute approximate surface area is 191 Å². The first-order valence-corrected chi connectivity index (χ1v) is 11.9. The molecule has 0 radical (unpaired) electrons. The van der Waals surface area contributed by atoms with E-state index >= 15 is 0 Å². The molecule has 0 saturated heterocycles. The number of aromatic nitrogens is 5. The van der Waals surface area contributed by atoms with E-state index in [0.29, 0.717) is 34.8 Å². The summed E-state index contributed by atoms with van der Waals surface area (Å²) in [7, 11) is -1.73. The second-order valence-corrected chi connectivity index (χ2v) is 9.36. The molecule has 11 heteroatoms. The van der Waals surface area contributed by atoms with Crippen LogP contribution in [0.5, 0.6) is 5.75 Å². The Hall–Kier alpha value is -3.99. The molecule has 0 fully saturated rings. The van der Waals surface area contributed by atoms with E-state index in [1.165, 1.54) is 6.07 Å². The van der Waals surface area contributed by atoms with Crippen LogP contribution in [-0.4, -0.2) is 46.5 Å². The van der Waals surface area contributed by atoms with Crippen LogP contribution < -0.4 is 15.4 Å². The molecule has 4 aromatic rings. The van der Waals surface area contributed by atoms with Crippen molar-refractivity contribution in [3.63, 3.8) is 0 Å². The summed E-state index contributed by atoms with van der Waals surface area (Å²) in [6.45, 7) is 3.88. The normalized spacial score (nSPS) is 11.3. The maximum Gasteiger partial charge on any atom is 0.229 e. The highest BCUT2D eigenvalue weighted by molar-refractivity contribution is 7.90. The molecule has 10 nitrogen and oxygen atoms in total. The lowest BCUT2D eigenvalue weighted by atomic mass is 10.3. The van der Waals surface area contributed by atoms with Gasteiger partial charge in [-0.2, -0.15) is 14.8 Å². The number of methoxy groups -OCH3 is 1. The summed E-state index contributed by atoms with van der Waals surface area (Å²) in [5.41, 5.74) is 2.36. The number of nitrogens with one attached hydrogen (secondary N) is 2. The van der Waals surface area contributed by atoms with Gasteiger partial charge in [-0.25, -0.2) is 18.4 Å². The second-order valence-electron chi connectivity index (χ2n) is 7.34. The molecular formula is C22H23N7O3S. The Morgan fingerprint density at radius 1 is 1.03 bits per heavy atom. The van der Waals surface area contributed by atoms with Crippen molar-refractivity contribution in [1.29, 1.82) is 0 Å². The van der Waals surface area contributed by atoms with E-state index < -0.39 is 9.84 Å². The number of aryl methyl sites for hydroxylation is 1. The molecule has 0 bridgehead atoms. The quantitative estimate of drug-likeness (QED) is 0.421. The van der Waals surface area contributed by atoms with Gasteiger partial charge in [0.2, 0.25) is 5.95 Å². The Bertz CT molecular complexity index is 1400. The lowest BCUT2D eigenvalue weighted by Crippen LogP contribution is -2.07.